The summed E-state index contributed by atoms with van der Waals surface area (Å²) in [5.41, 5.74) is 3.85. The first-order chi connectivity index (χ1) is 24.2. The van der Waals surface area contributed by atoms with E-state index < -0.39 is 20.1 Å². The molecule has 0 bridgehead atoms. The van der Waals surface area contributed by atoms with E-state index in [9.17, 15) is 9.59 Å². The van der Waals surface area contributed by atoms with E-state index in [0.29, 0.717) is 34.7 Å². The van der Waals surface area contributed by atoms with Gasteiger partial charge >= 0.3 is 5.97 Å². The molecule has 50 heavy (non-hydrogen) atoms. The van der Waals surface area contributed by atoms with Gasteiger partial charge in [-0.25, -0.2) is 4.79 Å². The predicted octanol–water partition coefficient (Wildman–Crippen LogP) is 8.80. The van der Waals surface area contributed by atoms with Gasteiger partial charge in [-0.15, -0.1) is 0 Å². The van der Waals surface area contributed by atoms with Crippen LogP contribution in [-0.4, -0.2) is 37.9 Å². The smallest absolute Gasteiger partial charge is 0.379 e. The Morgan fingerprint density at radius 2 is 1.24 bits per heavy atom. The number of rotatable bonds is 12. The highest BCUT2D eigenvalue weighted by molar-refractivity contribution is 6.99. The molecule has 6 aromatic rings. The number of aromatic nitrogens is 1. The lowest BCUT2D eigenvalue weighted by molar-refractivity contribution is -0.137. The van der Waals surface area contributed by atoms with Crippen LogP contribution in [0.3, 0.4) is 0 Å². The Bertz CT molecular complexity index is 2000. The van der Waals surface area contributed by atoms with E-state index in [1.165, 1.54) is 10.4 Å². The molecule has 0 aliphatic heterocycles. The first kappa shape index (κ1) is 35.1. The topological polar surface area (TPSA) is 57.5 Å². The molecule has 0 radical (unpaired) electrons. The molecule has 0 amide bonds. The predicted molar refractivity (Wildman–Crippen MR) is 205 cm³/mol. The second-order valence-corrected chi connectivity index (χ2v) is 18.1. The van der Waals surface area contributed by atoms with Gasteiger partial charge in [0.15, 0.2) is 0 Å². The number of nitrogens with zero attached hydrogens (tertiary/aromatic N) is 1. The summed E-state index contributed by atoms with van der Waals surface area (Å²) in [7, 11) is -2.91. The van der Waals surface area contributed by atoms with Crippen LogP contribution < -0.4 is 10.4 Å². The molecule has 5 nitrogen and oxygen atoms in total. The normalized spacial score (nSPS) is 12.0. The summed E-state index contributed by atoms with van der Waals surface area (Å²) in [6, 6.07) is 46.6. The summed E-state index contributed by atoms with van der Waals surface area (Å²) < 4.78 is 14.8. The largest absolute Gasteiger partial charge is 0.460 e. The van der Waals surface area contributed by atoms with Gasteiger partial charge in [-0.2, -0.15) is 0 Å². The van der Waals surface area contributed by atoms with Crippen molar-refractivity contribution in [2.75, 3.05) is 13.2 Å². The van der Waals surface area contributed by atoms with E-state index in [4.69, 9.17) is 20.8 Å². The van der Waals surface area contributed by atoms with Crippen LogP contribution in [0.15, 0.2) is 140 Å². The minimum absolute atomic E-state index is 0.0902. The molecule has 0 aliphatic carbocycles. The van der Waals surface area contributed by atoms with E-state index in [1.807, 2.05) is 60.7 Å². The number of carbonyl (C=O) groups excluding carboxylic acids is 2. The first-order valence-corrected chi connectivity index (χ1v) is 19.3. The number of carbonyl (C=O) groups is 2. The summed E-state index contributed by atoms with van der Waals surface area (Å²) in [6.07, 6.45) is 0.355. The highest BCUT2D eigenvalue weighted by Crippen LogP contribution is 2.40. The molecule has 0 unspecified atom stereocenters. The SMILES string of the molecule is CCOC(=O)C(=O)c1c(CCO[Si](c2ccccc2)(c2ccccc2)C(C)(C)C)n(C(c2ccccc2)c2ccccc2)c2ccc(Cl)cc12. The molecular weight excluding hydrogens is 658 g/mol. The molecule has 0 saturated carbocycles. The number of fused-ring (bicyclic) bond motifs is 1. The fraction of sp³-hybridized carbons (Fsp3) is 0.209. The number of halogens is 1. The van der Waals surface area contributed by atoms with Crippen LogP contribution in [-0.2, 0) is 20.4 Å². The highest BCUT2D eigenvalue weighted by Gasteiger charge is 2.50. The number of Topliss-reactive ketones (excluding diaryl/α,β-unsaturated/α-hetero) is 1. The Kier molecular flexibility index (Phi) is 10.5. The van der Waals surface area contributed by atoms with E-state index >= 15 is 0 Å². The minimum Gasteiger partial charge on any atom is -0.460 e. The maximum Gasteiger partial charge on any atom is 0.379 e. The lowest BCUT2D eigenvalue weighted by Crippen LogP contribution is -2.66. The van der Waals surface area contributed by atoms with Gasteiger partial charge in [-0.1, -0.05) is 154 Å². The third-order valence-electron chi connectivity index (χ3n) is 9.32. The molecule has 0 fully saturated rings. The molecule has 1 heterocycles. The average molecular weight is 700 g/mol. The van der Waals surface area contributed by atoms with Crippen LogP contribution in [0.25, 0.3) is 10.9 Å². The number of hydrogen-bond acceptors (Lipinski definition) is 4. The van der Waals surface area contributed by atoms with Crippen molar-refractivity contribution in [3.63, 3.8) is 0 Å². The summed E-state index contributed by atoms with van der Waals surface area (Å²) >= 11 is 6.61. The maximum atomic E-state index is 14.2. The first-order valence-electron chi connectivity index (χ1n) is 17.1. The molecule has 6 rings (SSSR count). The lowest BCUT2D eigenvalue weighted by Gasteiger charge is -2.43. The third kappa shape index (κ3) is 6.71. The Hall–Kier alpha value is -4.75. The molecule has 0 spiro atoms. The van der Waals surface area contributed by atoms with Gasteiger partial charge in [0.05, 0.1) is 18.2 Å². The standard InChI is InChI=1S/C43H42ClNO4Si/c1-5-48-42(47)41(46)39-36-30-33(44)26-27-37(36)45(40(31-18-10-6-11-19-31)32-20-12-7-13-21-32)38(39)28-29-49-50(43(2,3)4,34-22-14-8-15-23-34)35-24-16-9-17-25-35/h6-27,30,40H,5,28-29H2,1-4H3. The van der Waals surface area contributed by atoms with E-state index in [0.717, 1.165) is 16.6 Å². The van der Waals surface area contributed by atoms with Crippen molar-refractivity contribution in [1.29, 1.82) is 0 Å². The minimum atomic E-state index is -2.91. The highest BCUT2D eigenvalue weighted by atomic mass is 35.5. The van der Waals surface area contributed by atoms with Crippen LogP contribution in [0.4, 0.5) is 0 Å². The lowest BCUT2D eigenvalue weighted by atomic mass is 9.97. The molecule has 0 N–H and O–H groups in total. The quantitative estimate of drug-likeness (QED) is 0.0555. The molecule has 7 heteroatoms. The van der Waals surface area contributed by atoms with Crippen LogP contribution in [0.1, 0.15) is 60.9 Å². The van der Waals surface area contributed by atoms with Gasteiger partial charge in [0.25, 0.3) is 14.1 Å². The van der Waals surface area contributed by atoms with Crippen LogP contribution in [0.2, 0.25) is 10.1 Å². The van der Waals surface area contributed by atoms with Gasteiger partial charge < -0.3 is 13.7 Å². The zero-order valence-corrected chi connectivity index (χ0v) is 30.7. The number of benzene rings is 5. The average Bonchev–Trinajstić information content (AvgIpc) is 3.43. The second kappa shape index (κ2) is 15.0. The number of esters is 1. The number of ketones is 1. The maximum absolute atomic E-state index is 14.2. The van der Waals surface area contributed by atoms with Crippen molar-refractivity contribution < 1.29 is 18.8 Å². The molecule has 1 aromatic heterocycles. The van der Waals surface area contributed by atoms with Gasteiger partial charge in [0.1, 0.15) is 0 Å². The number of hydrogen-bond donors (Lipinski definition) is 0. The van der Waals surface area contributed by atoms with Gasteiger partial charge in [-0.3, -0.25) is 4.79 Å². The van der Waals surface area contributed by atoms with Crippen molar-refractivity contribution in [3.8, 4) is 0 Å². The van der Waals surface area contributed by atoms with Crippen LogP contribution in [0.5, 0.6) is 0 Å². The molecule has 0 saturated heterocycles. The fourth-order valence-electron chi connectivity index (χ4n) is 7.26. The second-order valence-electron chi connectivity index (χ2n) is 13.4. The van der Waals surface area contributed by atoms with Crippen molar-refractivity contribution >= 4 is 52.9 Å². The summed E-state index contributed by atoms with van der Waals surface area (Å²) in [5, 5.41) is 3.17. The summed E-state index contributed by atoms with van der Waals surface area (Å²) in [5.74, 6) is -1.59. The van der Waals surface area contributed by atoms with E-state index in [1.54, 1.807) is 13.0 Å². The molecule has 0 atom stereocenters. The zero-order valence-electron chi connectivity index (χ0n) is 28.9. The van der Waals surface area contributed by atoms with Crippen LogP contribution >= 0.6 is 11.6 Å². The van der Waals surface area contributed by atoms with E-state index in [-0.39, 0.29) is 17.7 Å². The van der Waals surface area contributed by atoms with Gasteiger partial charge in [-0.05, 0) is 51.7 Å². The zero-order chi connectivity index (χ0) is 35.3. The van der Waals surface area contributed by atoms with Crippen molar-refractivity contribution in [2.24, 2.45) is 0 Å². The summed E-state index contributed by atoms with van der Waals surface area (Å²) in [4.78, 5) is 27.4. The Morgan fingerprint density at radius 1 is 0.740 bits per heavy atom. The molecule has 5 aromatic carbocycles. The fourth-order valence-corrected chi connectivity index (χ4v) is 12.0. The monoisotopic (exact) mass is 699 g/mol. The Balaban J connectivity index is 1.58. The molecule has 0 aliphatic rings. The van der Waals surface area contributed by atoms with Crippen LogP contribution in [0, 0.1) is 0 Å². The molecule has 254 valence electrons. The van der Waals surface area contributed by atoms with E-state index in [2.05, 4.69) is 98.1 Å². The van der Waals surface area contributed by atoms with Crippen molar-refractivity contribution in [2.45, 2.75) is 45.2 Å². The Labute approximate surface area is 300 Å². The molecular formula is C43H42ClNO4Si. The van der Waals surface area contributed by atoms with Crippen molar-refractivity contribution in [1.82, 2.24) is 4.57 Å². The van der Waals surface area contributed by atoms with Gasteiger partial charge in [0.2, 0.25) is 0 Å². The number of ether oxygens (including phenoxy) is 1. The van der Waals surface area contributed by atoms with Crippen molar-refractivity contribution in [3.05, 3.63) is 167 Å². The third-order valence-corrected chi connectivity index (χ3v) is 14.6. The van der Waals surface area contributed by atoms with Gasteiger partial charge in [0, 0.05) is 34.6 Å². The summed E-state index contributed by atoms with van der Waals surface area (Å²) in [6.45, 7) is 8.83. The Morgan fingerprint density at radius 3 is 1.72 bits per heavy atom.